The Kier molecular flexibility index (Phi) is 39.5. The van der Waals surface area contributed by atoms with E-state index in [1.807, 2.05) is 58.0 Å². The van der Waals surface area contributed by atoms with Crippen molar-refractivity contribution in [3.8, 4) is 0 Å². The number of nitrogens with two attached hydrogens (primary N) is 1. The molecule has 2 aromatic carbocycles. The van der Waals surface area contributed by atoms with Crippen LogP contribution in [0.4, 0.5) is 0 Å². The van der Waals surface area contributed by atoms with Gasteiger partial charge in [-0.3, -0.25) is 58.3 Å². The number of carbonyl (C=O) groups is 8. The number of rotatable bonds is 28. The Bertz CT molecular complexity index is 4670. The molecule has 4 aromatic rings. The predicted molar refractivity (Wildman–Crippen MR) is 544 cm³/mol. The van der Waals surface area contributed by atoms with Gasteiger partial charge in [-0.15, -0.1) is 0 Å². The fourth-order valence-corrected chi connectivity index (χ4v) is 21.0. The third-order valence-electron chi connectivity index (χ3n) is 27.9. The smallest absolute Gasteiger partial charge is 0.325 e. The number of hydrogen-bond donors (Lipinski definition) is 6. The molecule has 7 atom stereocenters. The van der Waals surface area contributed by atoms with Crippen molar-refractivity contribution in [2.24, 2.45) is 28.4 Å². The lowest BCUT2D eigenvalue weighted by atomic mass is 9.68. The number of nitrogens with one attached hydrogen (secondary N) is 5. The summed E-state index contributed by atoms with van der Waals surface area (Å²) in [6.07, 6.45) is 15.6. The third kappa shape index (κ3) is 32.5. The van der Waals surface area contributed by atoms with Crippen LogP contribution < -0.4 is 32.5 Å². The van der Waals surface area contributed by atoms with Gasteiger partial charge >= 0.3 is 17.9 Å². The minimum absolute atomic E-state index is 0.0300. The van der Waals surface area contributed by atoms with Crippen LogP contribution in [0.1, 0.15) is 271 Å². The maximum atomic E-state index is 14.7. The van der Waals surface area contributed by atoms with Crippen LogP contribution in [0.5, 0.6) is 0 Å². The van der Waals surface area contributed by atoms with Crippen LogP contribution >= 0.6 is 69.6 Å². The summed E-state index contributed by atoms with van der Waals surface area (Å²) in [6, 6.07) is 15.9. The first-order chi connectivity index (χ1) is 59.7. The van der Waals surface area contributed by atoms with E-state index < -0.39 is 130 Å². The lowest BCUT2D eigenvalue weighted by molar-refractivity contribution is -0.154. The first-order valence-electron chi connectivity index (χ1n) is 46.5. The number of amides is 5. The fourth-order valence-electron chi connectivity index (χ4n) is 14.9. The molecule has 0 spiro atoms. The van der Waals surface area contributed by atoms with Gasteiger partial charge in [0.2, 0.25) is 25.3 Å². The van der Waals surface area contributed by atoms with Gasteiger partial charge in [0.1, 0.15) is 43.4 Å². The number of halogens is 6. The van der Waals surface area contributed by atoms with Gasteiger partial charge in [0.25, 0.3) is 20.1 Å². The average molecular weight is 2010 g/mol. The summed E-state index contributed by atoms with van der Waals surface area (Å²) < 4.78 is 33.8. The van der Waals surface area contributed by atoms with E-state index >= 15 is 0 Å². The Morgan fingerprint density at radius 3 is 1.24 bits per heavy atom. The molecule has 2 saturated carbocycles. The number of hydrazine groups is 2. The van der Waals surface area contributed by atoms with Crippen LogP contribution in [0.2, 0.25) is 72.5 Å². The molecule has 131 heavy (non-hydrogen) atoms. The van der Waals surface area contributed by atoms with Crippen LogP contribution in [-0.4, -0.2) is 182 Å². The molecule has 24 nitrogen and oxygen atoms in total. The normalized spacial score (nSPS) is 22.6. The molecule has 2 aromatic heterocycles. The molecule has 0 unspecified atom stereocenters. The first-order valence-corrected chi connectivity index (χ1v) is 60.4. The van der Waals surface area contributed by atoms with Gasteiger partial charge in [-0.1, -0.05) is 255 Å². The van der Waals surface area contributed by atoms with Crippen LogP contribution in [0.25, 0.3) is 34.0 Å². The largest absolute Gasteiger partial charge is 0.518 e. The minimum Gasteiger partial charge on any atom is -0.518 e. The van der Waals surface area contributed by atoms with Crippen molar-refractivity contribution in [3.05, 3.63) is 95.3 Å². The predicted octanol–water partition coefficient (Wildman–Crippen LogP) is 21.9. The summed E-state index contributed by atoms with van der Waals surface area (Å²) in [6.45, 7) is 66.1. The van der Waals surface area contributed by atoms with Gasteiger partial charge < -0.3 is 48.9 Å². The molecule has 4 aliphatic rings. The van der Waals surface area contributed by atoms with Crippen molar-refractivity contribution in [2.75, 3.05) is 26.3 Å². The summed E-state index contributed by atoms with van der Waals surface area (Å²) in [5, 5.41) is 13.5. The number of pyridine rings is 2. The van der Waals surface area contributed by atoms with Crippen molar-refractivity contribution in [3.63, 3.8) is 0 Å². The second-order valence-corrected chi connectivity index (χ2v) is 68.3. The SMILES string of the molecule is CC(C)[C@H](N)C(=O)N[C@@H](C)C(=O)N1CCC[C@@H](C(=O)OCC(Cl)(Cl)Cl)N1.CC(C)c1ccc2ccc(/C=C/C3(C(=O)N[C@H](C(=O)N[C@@H](C)C(=O)N4CCC[C@@H](C(=O)OCC(Cl)(Cl)Cl)N4)C(C)C)CCC(C)(O[Si](C)(C)C(C)(C)C)CC3)cc2n1.C[C@@H](O[Si](C)(C)C(C)(C)C)c1ccc2ccc(/C=C/C3(C(=O)O[Si](C)(C)C(C)(C)C)CCC(C)(O[Si](C)(C)C(C)(C)C)CC3)cc2n1. The van der Waals surface area contributed by atoms with Gasteiger partial charge in [-0.25, -0.2) is 10.9 Å². The molecule has 0 bridgehead atoms. The highest BCUT2D eigenvalue weighted by Gasteiger charge is 2.54. The van der Waals surface area contributed by atoms with Gasteiger partial charge in [-0.05, 0) is 237 Å². The van der Waals surface area contributed by atoms with Crippen LogP contribution in [0.15, 0.2) is 72.8 Å². The molecule has 34 heteroatoms. The topological polar surface area (TPSA) is 310 Å². The number of alkyl halides is 6. The van der Waals surface area contributed by atoms with Crippen molar-refractivity contribution < 1.29 is 65.5 Å². The van der Waals surface area contributed by atoms with Crippen LogP contribution in [0.3, 0.4) is 0 Å². The monoisotopic (exact) mass is 2010 g/mol. The van der Waals surface area contributed by atoms with E-state index in [0.29, 0.717) is 83.2 Å². The Balaban J connectivity index is 0.000000324. The van der Waals surface area contributed by atoms with Crippen LogP contribution in [0, 0.1) is 22.7 Å². The standard InChI is InChI=1S/C43H64Cl3N5O6Si.C39H67NO4Si3.C15H25Cl3N4O4/c1-27(2)32-17-16-31-15-14-30(25-34(31)48-32)18-19-42(22-20-41(9,21-23-42)57-58(10,11)40(6,7)8)39(55)49-35(28(3)4)36(52)47-29(5)37(53)51-24-12-13-33(50-51)38(54)56-26-43(44,45)46;1-29(42-45(12,13)35(2,3)4)32-21-20-31-19-18-30(28-33(31)40-32)22-23-39(34(41)43-46(14,15)36(5,6)7)26-24-38(11,25-27-39)44-47(16,17)37(8,9)10;1-8(2)11(19)12(23)20-9(3)13(24)22-6-4-5-10(21-22)14(25)26-7-15(16,17)18/h14-19,25,27-29,33,35,50H,12-13,20-24,26H2,1-11H3,(H,47,52)(H,49,55);18-23,28-29H,24-27H2,1-17H3;8-11,21H,4-7,19H2,1-3H3,(H,20,23)/b19-18+;23-22+;/t29-,33-,35-,41?,42?;29-,38?,39?;9-,10-,11-/m010/s1. The minimum atomic E-state index is -2.32. The van der Waals surface area contributed by atoms with E-state index in [0.717, 1.165) is 57.2 Å². The molecule has 4 fully saturated rings. The summed E-state index contributed by atoms with van der Waals surface area (Å²) >= 11 is 33.8. The van der Waals surface area contributed by atoms with Crippen molar-refractivity contribution in [1.29, 1.82) is 0 Å². The maximum Gasteiger partial charge on any atom is 0.325 e. The molecule has 4 heterocycles. The number of aromatic nitrogens is 2. The zero-order chi connectivity index (χ0) is 99.6. The van der Waals surface area contributed by atoms with E-state index in [4.69, 9.17) is 112 Å². The molecule has 0 radical (unpaired) electrons. The summed E-state index contributed by atoms with van der Waals surface area (Å²) in [5.41, 5.74) is 14.9. The van der Waals surface area contributed by atoms with Crippen LogP contribution in [-0.2, 0) is 65.5 Å². The number of benzene rings is 2. The number of nitrogens with zero attached hydrogens (tertiary/aromatic N) is 4. The van der Waals surface area contributed by atoms with E-state index in [-0.39, 0.29) is 68.1 Å². The summed E-state index contributed by atoms with van der Waals surface area (Å²) in [5.74, 6) is -3.37. The van der Waals surface area contributed by atoms with E-state index in [2.05, 4.69) is 251 Å². The molecule has 736 valence electrons. The molecular formula is C97H156Cl6N10O14Si4. The Hall–Kier alpha value is -5.13. The molecule has 2 aliphatic heterocycles. The number of ether oxygens (including phenoxy) is 2. The first kappa shape index (κ1) is 115. The molecule has 8 rings (SSSR count). The van der Waals surface area contributed by atoms with E-state index in [1.54, 1.807) is 13.8 Å². The van der Waals surface area contributed by atoms with Gasteiger partial charge in [0.15, 0.2) is 25.0 Å². The summed E-state index contributed by atoms with van der Waals surface area (Å²) in [7, 11) is -8.35. The van der Waals surface area contributed by atoms with E-state index in [9.17, 15) is 38.4 Å². The zero-order valence-electron chi connectivity index (χ0n) is 84.0. The average Bonchev–Trinajstić information content (AvgIpc) is 0.763. The molecule has 5 amide bonds. The highest BCUT2D eigenvalue weighted by atomic mass is 35.6. The third-order valence-corrected chi connectivity index (χ3v) is 46.7. The highest BCUT2D eigenvalue weighted by molar-refractivity contribution is 6.76. The Labute approximate surface area is 816 Å². The number of esters is 2. The quantitative estimate of drug-likeness (QED) is 0.0175. The van der Waals surface area contributed by atoms with Crippen molar-refractivity contribution in [1.82, 2.24) is 46.8 Å². The molecule has 2 aliphatic carbocycles. The highest BCUT2D eigenvalue weighted by Crippen LogP contribution is 2.52. The maximum absolute atomic E-state index is 14.7. The van der Waals surface area contributed by atoms with Crippen molar-refractivity contribution in [2.45, 2.75) is 376 Å². The van der Waals surface area contributed by atoms with Gasteiger partial charge in [-0.2, -0.15) is 0 Å². The lowest BCUT2D eigenvalue weighted by Gasteiger charge is -2.49. The number of hydrogen-bond acceptors (Lipinski definition) is 19. The zero-order valence-corrected chi connectivity index (χ0v) is 92.6. The van der Waals surface area contributed by atoms with Gasteiger partial charge in [0, 0.05) is 29.6 Å². The number of carbonyl (C=O) groups excluding carboxylic acids is 8. The summed E-state index contributed by atoms with van der Waals surface area (Å²) in [4.78, 5) is 116. The Morgan fingerprint density at radius 1 is 0.496 bits per heavy atom. The van der Waals surface area contributed by atoms with Gasteiger partial charge in [0.05, 0.1) is 50.9 Å². The molecule has 7 N–H and O–H groups in total. The van der Waals surface area contributed by atoms with E-state index in [1.165, 1.54) is 10.0 Å². The molecular weight excluding hydrogens is 1850 g/mol. The van der Waals surface area contributed by atoms with Crippen molar-refractivity contribution >= 4 is 184 Å². The number of fused-ring (bicyclic) bond motifs is 2. The fraction of sp³-hybridized carbons (Fsp3) is 0.691. The second kappa shape index (κ2) is 45.2. The molecule has 2 saturated heterocycles. The Morgan fingerprint density at radius 2 is 0.863 bits per heavy atom. The second-order valence-electron chi connectivity index (χ2n) is 44.3. The lowest BCUT2D eigenvalue weighted by Crippen LogP contribution is -2.61.